The second kappa shape index (κ2) is 16.6. The van der Waals surface area contributed by atoms with Gasteiger partial charge >= 0.3 is 0 Å². The standard InChI is InChI=1S/C21H28N2.C3H6.2C2H6/c1-17-4-8-20(9-5-17)22(3)16-19-12-14-23(15-13-19)21-10-6-18(2)7-11-21;1-3-2;2*1-2/h4-11,19H,12-16H2,1-3H3;3H,1H2,2H3;2*1-2H3. The van der Waals surface area contributed by atoms with Gasteiger partial charge in [0.2, 0.25) is 0 Å². The Balaban J connectivity index is 0.00000108. The molecular formula is C28H46N2. The molecule has 0 spiro atoms. The Morgan fingerprint density at radius 1 is 0.867 bits per heavy atom. The molecule has 0 unspecified atom stereocenters. The highest BCUT2D eigenvalue weighted by Gasteiger charge is 2.20. The quantitative estimate of drug-likeness (QED) is 0.473. The predicted molar refractivity (Wildman–Crippen MR) is 139 cm³/mol. The fourth-order valence-electron chi connectivity index (χ4n) is 3.42. The minimum Gasteiger partial charge on any atom is -0.374 e. The van der Waals surface area contributed by atoms with Crippen molar-refractivity contribution >= 4 is 11.4 Å². The molecule has 2 heteroatoms. The third kappa shape index (κ3) is 10.0. The lowest BCUT2D eigenvalue weighted by atomic mass is 9.95. The van der Waals surface area contributed by atoms with Crippen molar-refractivity contribution in [2.75, 3.05) is 36.5 Å². The SMILES string of the molecule is C=CC.CC.CC.Cc1ccc(N(C)CC2CCN(c3ccc(C)cc3)CC2)cc1. The van der Waals surface area contributed by atoms with E-state index in [1.54, 1.807) is 6.08 Å². The number of piperidine rings is 1. The molecule has 0 aliphatic carbocycles. The molecule has 0 radical (unpaired) electrons. The Kier molecular flexibility index (Phi) is 15.3. The molecule has 30 heavy (non-hydrogen) atoms. The van der Waals surface area contributed by atoms with Crippen LogP contribution in [0.1, 0.15) is 58.6 Å². The van der Waals surface area contributed by atoms with Crippen LogP contribution in [0, 0.1) is 19.8 Å². The van der Waals surface area contributed by atoms with Gasteiger partial charge in [0.05, 0.1) is 0 Å². The van der Waals surface area contributed by atoms with E-state index >= 15 is 0 Å². The largest absolute Gasteiger partial charge is 0.374 e. The lowest BCUT2D eigenvalue weighted by molar-refractivity contribution is 0.409. The van der Waals surface area contributed by atoms with Gasteiger partial charge in [-0.25, -0.2) is 0 Å². The summed E-state index contributed by atoms with van der Waals surface area (Å²) in [6.45, 7) is 21.1. The smallest absolute Gasteiger partial charge is 0.0366 e. The van der Waals surface area contributed by atoms with Crippen LogP contribution in [-0.2, 0) is 0 Å². The highest BCUT2D eigenvalue weighted by Crippen LogP contribution is 2.25. The minimum atomic E-state index is 0.794. The van der Waals surface area contributed by atoms with E-state index in [1.165, 1.54) is 48.4 Å². The molecule has 1 saturated heterocycles. The second-order valence-electron chi connectivity index (χ2n) is 7.39. The number of hydrogen-bond donors (Lipinski definition) is 0. The van der Waals surface area contributed by atoms with Crippen LogP contribution >= 0.6 is 0 Å². The van der Waals surface area contributed by atoms with Gasteiger partial charge in [-0.05, 0) is 63.8 Å². The lowest BCUT2D eigenvalue weighted by Gasteiger charge is -2.35. The first kappa shape index (κ1) is 27.8. The zero-order chi connectivity index (χ0) is 22.9. The monoisotopic (exact) mass is 410 g/mol. The summed E-state index contributed by atoms with van der Waals surface area (Å²) in [5.41, 5.74) is 5.37. The van der Waals surface area contributed by atoms with Gasteiger partial charge < -0.3 is 9.80 Å². The van der Waals surface area contributed by atoms with Crippen LogP contribution in [-0.4, -0.2) is 26.7 Å². The van der Waals surface area contributed by atoms with Gasteiger partial charge in [-0.2, -0.15) is 0 Å². The minimum absolute atomic E-state index is 0.794. The van der Waals surface area contributed by atoms with Crippen LogP contribution in [0.25, 0.3) is 0 Å². The molecule has 2 nitrogen and oxygen atoms in total. The summed E-state index contributed by atoms with van der Waals surface area (Å²) in [6.07, 6.45) is 4.31. The molecule has 0 aromatic heterocycles. The molecule has 0 bridgehead atoms. The topological polar surface area (TPSA) is 6.48 Å². The van der Waals surface area contributed by atoms with Crippen molar-refractivity contribution in [1.29, 1.82) is 0 Å². The fourth-order valence-corrected chi connectivity index (χ4v) is 3.42. The molecule has 2 aromatic rings. The number of benzene rings is 2. The molecular weight excluding hydrogens is 364 g/mol. The van der Waals surface area contributed by atoms with Crippen molar-refractivity contribution in [2.45, 2.75) is 61.3 Å². The van der Waals surface area contributed by atoms with Gasteiger partial charge in [0, 0.05) is 38.1 Å². The van der Waals surface area contributed by atoms with E-state index in [-0.39, 0.29) is 0 Å². The third-order valence-corrected chi connectivity index (χ3v) is 5.02. The average Bonchev–Trinajstić information content (AvgIpc) is 2.79. The van der Waals surface area contributed by atoms with E-state index in [2.05, 4.69) is 85.8 Å². The van der Waals surface area contributed by atoms with Crippen LogP contribution < -0.4 is 9.80 Å². The summed E-state index contributed by atoms with van der Waals surface area (Å²) >= 11 is 0. The number of allylic oxidation sites excluding steroid dienone is 1. The van der Waals surface area contributed by atoms with Crippen molar-refractivity contribution in [3.05, 3.63) is 72.3 Å². The Morgan fingerprint density at radius 3 is 1.70 bits per heavy atom. The van der Waals surface area contributed by atoms with Crippen LogP contribution in [0.2, 0.25) is 0 Å². The molecule has 1 heterocycles. The van der Waals surface area contributed by atoms with Gasteiger partial charge in [0.25, 0.3) is 0 Å². The number of anilines is 2. The van der Waals surface area contributed by atoms with Crippen molar-refractivity contribution in [2.24, 2.45) is 5.92 Å². The molecule has 0 amide bonds. The summed E-state index contributed by atoms with van der Waals surface area (Å²) in [6, 6.07) is 17.8. The summed E-state index contributed by atoms with van der Waals surface area (Å²) in [5, 5.41) is 0. The normalized spacial score (nSPS) is 12.9. The second-order valence-corrected chi connectivity index (χ2v) is 7.39. The van der Waals surface area contributed by atoms with Gasteiger partial charge in [-0.15, -0.1) is 6.58 Å². The summed E-state index contributed by atoms with van der Waals surface area (Å²) in [7, 11) is 2.22. The first-order chi connectivity index (χ1) is 14.5. The summed E-state index contributed by atoms with van der Waals surface area (Å²) < 4.78 is 0. The molecule has 0 saturated carbocycles. The maximum atomic E-state index is 3.36. The highest BCUT2D eigenvalue weighted by molar-refractivity contribution is 5.48. The molecule has 1 aliphatic rings. The molecule has 0 N–H and O–H groups in total. The number of aryl methyl sites for hydroxylation is 2. The molecule has 0 atom stereocenters. The molecule has 1 aliphatic heterocycles. The molecule has 2 aromatic carbocycles. The Hall–Kier alpha value is -2.22. The van der Waals surface area contributed by atoms with Crippen molar-refractivity contribution in [3.8, 4) is 0 Å². The zero-order valence-corrected chi connectivity index (χ0v) is 20.9. The number of rotatable bonds is 4. The third-order valence-electron chi connectivity index (χ3n) is 5.02. The van der Waals surface area contributed by atoms with Gasteiger partial charge in [0.1, 0.15) is 0 Å². The van der Waals surface area contributed by atoms with Crippen molar-refractivity contribution in [3.63, 3.8) is 0 Å². The van der Waals surface area contributed by atoms with Crippen LogP contribution in [0.4, 0.5) is 11.4 Å². The van der Waals surface area contributed by atoms with Crippen LogP contribution in [0.5, 0.6) is 0 Å². The van der Waals surface area contributed by atoms with E-state index in [1.807, 2.05) is 34.6 Å². The number of nitrogens with zero attached hydrogens (tertiary/aromatic N) is 2. The Morgan fingerprint density at radius 2 is 1.27 bits per heavy atom. The number of hydrogen-bond acceptors (Lipinski definition) is 2. The maximum Gasteiger partial charge on any atom is 0.0366 e. The summed E-state index contributed by atoms with van der Waals surface area (Å²) in [5.74, 6) is 0.794. The van der Waals surface area contributed by atoms with Gasteiger partial charge in [0.15, 0.2) is 0 Å². The van der Waals surface area contributed by atoms with E-state index < -0.39 is 0 Å². The summed E-state index contributed by atoms with van der Waals surface area (Å²) in [4.78, 5) is 4.94. The van der Waals surface area contributed by atoms with Crippen LogP contribution in [0.3, 0.4) is 0 Å². The Bertz CT molecular complexity index is 650. The zero-order valence-electron chi connectivity index (χ0n) is 20.9. The molecule has 168 valence electrons. The van der Waals surface area contributed by atoms with E-state index in [9.17, 15) is 0 Å². The highest BCUT2D eigenvalue weighted by atomic mass is 15.1. The van der Waals surface area contributed by atoms with Gasteiger partial charge in [-0.3, -0.25) is 0 Å². The first-order valence-electron chi connectivity index (χ1n) is 11.7. The fraction of sp³-hybridized carbons (Fsp3) is 0.500. The Labute approximate surface area is 187 Å². The van der Waals surface area contributed by atoms with Crippen molar-refractivity contribution in [1.82, 2.24) is 0 Å². The van der Waals surface area contributed by atoms with E-state index in [0.29, 0.717) is 0 Å². The van der Waals surface area contributed by atoms with Crippen LogP contribution in [0.15, 0.2) is 61.2 Å². The maximum absolute atomic E-state index is 3.36. The first-order valence-corrected chi connectivity index (χ1v) is 11.7. The van der Waals surface area contributed by atoms with E-state index in [0.717, 1.165) is 12.5 Å². The lowest BCUT2D eigenvalue weighted by Crippen LogP contribution is -2.37. The predicted octanol–water partition coefficient (Wildman–Crippen LogP) is 7.90. The van der Waals surface area contributed by atoms with E-state index in [4.69, 9.17) is 0 Å². The van der Waals surface area contributed by atoms with Crippen molar-refractivity contribution < 1.29 is 0 Å². The van der Waals surface area contributed by atoms with Gasteiger partial charge in [-0.1, -0.05) is 69.2 Å². The molecule has 1 fully saturated rings. The molecule has 3 rings (SSSR count). The average molecular weight is 411 g/mol.